The molecule has 1 aliphatic rings. The number of nitrogens with zero attached hydrogens (tertiary/aromatic N) is 1. The Kier molecular flexibility index (Phi) is 9.16. The number of unbranched alkanes of at least 4 members (excludes halogenated alkanes) is 2. The van der Waals surface area contributed by atoms with Crippen molar-refractivity contribution < 1.29 is 5.11 Å². The summed E-state index contributed by atoms with van der Waals surface area (Å²) < 4.78 is 0. The Morgan fingerprint density at radius 1 is 1.05 bits per heavy atom. The zero-order valence-corrected chi connectivity index (χ0v) is 14.1. The predicted octanol–water partition coefficient (Wildman–Crippen LogP) is 3.82. The highest BCUT2D eigenvalue weighted by molar-refractivity contribution is 8.93. The van der Waals surface area contributed by atoms with Gasteiger partial charge in [-0.25, -0.2) is 0 Å². The molecule has 20 heavy (non-hydrogen) atoms. The molecule has 0 aliphatic carbocycles. The smallest absolute Gasteiger partial charge is 0.0431 e. The van der Waals surface area contributed by atoms with Crippen molar-refractivity contribution in [3.63, 3.8) is 0 Å². The maximum atomic E-state index is 8.84. The van der Waals surface area contributed by atoms with Gasteiger partial charge in [-0.15, -0.1) is 17.0 Å². The molecule has 0 bridgehead atoms. The zero-order valence-electron chi connectivity index (χ0n) is 12.3. The van der Waals surface area contributed by atoms with E-state index in [1.54, 1.807) is 0 Å². The molecule has 1 aliphatic heterocycles. The maximum Gasteiger partial charge on any atom is 0.0431 e. The third kappa shape index (κ3) is 5.94. The first-order valence-electron chi connectivity index (χ1n) is 7.79. The van der Waals surface area contributed by atoms with E-state index >= 15 is 0 Å². The maximum absolute atomic E-state index is 8.84. The van der Waals surface area contributed by atoms with Crippen LogP contribution in [0.25, 0.3) is 0 Å². The fourth-order valence-electron chi connectivity index (χ4n) is 3.08. The number of halogens is 1. The van der Waals surface area contributed by atoms with Gasteiger partial charge in [0.05, 0.1) is 0 Å². The highest BCUT2D eigenvalue weighted by Crippen LogP contribution is 2.21. The molecule has 1 unspecified atom stereocenters. The second kappa shape index (κ2) is 10.4. The van der Waals surface area contributed by atoms with Gasteiger partial charge < -0.3 is 10.0 Å². The standard InChI is InChI=1S/C17H27NO.BrH/c19-14-8-2-6-12-18-13-7-5-11-17(18)15-16-9-3-1-4-10-16;/h1,3-4,9-10,17,19H,2,5-8,11-15H2;1H. The largest absolute Gasteiger partial charge is 0.396 e. The molecule has 1 saturated heterocycles. The van der Waals surface area contributed by atoms with Crippen molar-refractivity contribution in [1.82, 2.24) is 4.90 Å². The van der Waals surface area contributed by atoms with Gasteiger partial charge in [-0.3, -0.25) is 0 Å². The van der Waals surface area contributed by atoms with Crippen molar-refractivity contribution in [2.24, 2.45) is 0 Å². The fraction of sp³-hybridized carbons (Fsp3) is 0.647. The van der Waals surface area contributed by atoms with Gasteiger partial charge in [-0.1, -0.05) is 36.8 Å². The van der Waals surface area contributed by atoms with Crippen LogP contribution in [0, 0.1) is 0 Å². The van der Waals surface area contributed by atoms with Crippen LogP contribution in [0.2, 0.25) is 0 Å². The first-order valence-corrected chi connectivity index (χ1v) is 7.79. The van der Waals surface area contributed by atoms with E-state index in [1.165, 1.54) is 50.8 Å². The molecule has 1 aromatic rings. The highest BCUT2D eigenvalue weighted by atomic mass is 79.9. The molecule has 114 valence electrons. The van der Waals surface area contributed by atoms with E-state index in [9.17, 15) is 0 Å². The fourth-order valence-corrected chi connectivity index (χ4v) is 3.08. The molecule has 0 spiro atoms. The van der Waals surface area contributed by atoms with E-state index < -0.39 is 0 Å². The van der Waals surface area contributed by atoms with E-state index in [-0.39, 0.29) is 17.0 Å². The van der Waals surface area contributed by atoms with Crippen LogP contribution in [0.1, 0.15) is 44.1 Å². The lowest BCUT2D eigenvalue weighted by Gasteiger charge is -2.36. The molecular formula is C17H28BrNO. The first-order chi connectivity index (χ1) is 9.40. The van der Waals surface area contributed by atoms with Gasteiger partial charge >= 0.3 is 0 Å². The van der Waals surface area contributed by atoms with Crippen molar-refractivity contribution in [3.8, 4) is 0 Å². The molecule has 0 radical (unpaired) electrons. The van der Waals surface area contributed by atoms with Crippen LogP contribution < -0.4 is 0 Å². The first kappa shape index (κ1) is 17.7. The number of aliphatic hydroxyl groups is 1. The van der Waals surface area contributed by atoms with Gasteiger partial charge in [0.1, 0.15) is 0 Å². The Morgan fingerprint density at radius 2 is 1.85 bits per heavy atom. The third-order valence-corrected chi connectivity index (χ3v) is 4.17. The average molecular weight is 342 g/mol. The number of piperidine rings is 1. The lowest BCUT2D eigenvalue weighted by molar-refractivity contribution is 0.143. The van der Waals surface area contributed by atoms with Crippen molar-refractivity contribution in [1.29, 1.82) is 0 Å². The summed E-state index contributed by atoms with van der Waals surface area (Å²) in [5, 5.41) is 8.84. The van der Waals surface area contributed by atoms with E-state index in [0.717, 1.165) is 18.9 Å². The van der Waals surface area contributed by atoms with Crippen molar-refractivity contribution in [2.45, 2.75) is 51.0 Å². The second-order valence-corrected chi connectivity index (χ2v) is 5.66. The van der Waals surface area contributed by atoms with Gasteiger partial charge in [-0.05, 0) is 57.2 Å². The average Bonchev–Trinajstić information content (AvgIpc) is 2.46. The molecule has 1 aromatic carbocycles. The number of rotatable bonds is 7. The molecule has 3 heteroatoms. The molecule has 1 fully saturated rings. The summed E-state index contributed by atoms with van der Waals surface area (Å²) in [4.78, 5) is 2.67. The van der Waals surface area contributed by atoms with Crippen molar-refractivity contribution >= 4 is 17.0 Å². The quantitative estimate of drug-likeness (QED) is 0.762. The van der Waals surface area contributed by atoms with Crippen molar-refractivity contribution in [2.75, 3.05) is 19.7 Å². The van der Waals surface area contributed by atoms with Crippen LogP contribution in [0.3, 0.4) is 0 Å². The van der Waals surface area contributed by atoms with Crippen LogP contribution in [-0.2, 0) is 6.42 Å². The Hall–Kier alpha value is -0.380. The summed E-state index contributed by atoms with van der Waals surface area (Å²) in [6.07, 6.45) is 8.61. The van der Waals surface area contributed by atoms with E-state index in [1.807, 2.05) is 0 Å². The molecule has 2 rings (SSSR count). The summed E-state index contributed by atoms with van der Waals surface area (Å²) >= 11 is 0. The number of likely N-dealkylation sites (tertiary alicyclic amines) is 1. The van der Waals surface area contributed by atoms with Crippen LogP contribution in [0.4, 0.5) is 0 Å². The normalized spacial score (nSPS) is 19.6. The Bertz CT molecular complexity index is 344. The molecule has 0 amide bonds. The van der Waals surface area contributed by atoms with E-state index in [4.69, 9.17) is 5.11 Å². The van der Waals surface area contributed by atoms with Crippen LogP contribution in [0.5, 0.6) is 0 Å². The van der Waals surface area contributed by atoms with Gasteiger partial charge in [-0.2, -0.15) is 0 Å². The second-order valence-electron chi connectivity index (χ2n) is 5.66. The summed E-state index contributed by atoms with van der Waals surface area (Å²) in [6, 6.07) is 11.6. The number of benzene rings is 1. The van der Waals surface area contributed by atoms with Gasteiger partial charge in [0.25, 0.3) is 0 Å². The SMILES string of the molecule is Br.OCCCCCN1CCCCC1Cc1ccccc1. The topological polar surface area (TPSA) is 23.5 Å². The van der Waals surface area contributed by atoms with E-state index in [2.05, 4.69) is 35.2 Å². The number of hydrogen-bond acceptors (Lipinski definition) is 2. The molecule has 1 heterocycles. The number of hydrogen-bond donors (Lipinski definition) is 1. The Labute approximate surface area is 134 Å². The molecule has 0 aromatic heterocycles. The van der Waals surface area contributed by atoms with Gasteiger partial charge in [0, 0.05) is 12.6 Å². The van der Waals surface area contributed by atoms with Gasteiger partial charge in [0.2, 0.25) is 0 Å². The highest BCUT2D eigenvalue weighted by Gasteiger charge is 2.21. The van der Waals surface area contributed by atoms with Crippen LogP contribution in [0.15, 0.2) is 30.3 Å². The van der Waals surface area contributed by atoms with E-state index in [0.29, 0.717) is 6.61 Å². The molecule has 1 N–H and O–H groups in total. The summed E-state index contributed by atoms with van der Waals surface area (Å²) in [7, 11) is 0. The third-order valence-electron chi connectivity index (χ3n) is 4.17. The summed E-state index contributed by atoms with van der Waals surface area (Å²) in [6.45, 7) is 2.81. The lowest BCUT2D eigenvalue weighted by Crippen LogP contribution is -2.41. The summed E-state index contributed by atoms with van der Waals surface area (Å²) in [5.41, 5.74) is 1.47. The molecule has 2 nitrogen and oxygen atoms in total. The minimum atomic E-state index is 0. The zero-order chi connectivity index (χ0) is 13.3. The Morgan fingerprint density at radius 3 is 2.60 bits per heavy atom. The number of aliphatic hydroxyl groups excluding tert-OH is 1. The molecule has 1 atom stereocenters. The minimum Gasteiger partial charge on any atom is -0.396 e. The molecule has 0 saturated carbocycles. The molecular weight excluding hydrogens is 314 g/mol. The summed E-state index contributed by atoms with van der Waals surface area (Å²) in [5.74, 6) is 0. The van der Waals surface area contributed by atoms with Gasteiger partial charge in [0.15, 0.2) is 0 Å². The lowest BCUT2D eigenvalue weighted by atomic mass is 9.95. The van der Waals surface area contributed by atoms with Crippen LogP contribution in [-0.4, -0.2) is 35.7 Å². The predicted molar refractivity (Wildman–Crippen MR) is 90.6 cm³/mol. The van der Waals surface area contributed by atoms with Crippen LogP contribution >= 0.6 is 17.0 Å². The minimum absolute atomic E-state index is 0. The van der Waals surface area contributed by atoms with Crippen molar-refractivity contribution in [3.05, 3.63) is 35.9 Å². The Balaban J connectivity index is 0.00000200. The monoisotopic (exact) mass is 341 g/mol.